The Morgan fingerprint density at radius 1 is 0.970 bits per heavy atom. The molecule has 0 N–H and O–H groups in total. The van der Waals surface area contributed by atoms with Gasteiger partial charge in [0.1, 0.15) is 21.7 Å². The Morgan fingerprint density at radius 2 is 1.64 bits per heavy atom. The average Bonchev–Trinajstić information content (AvgIpc) is 3.31. The summed E-state index contributed by atoms with van der Waals surface area (Å²) in [7, 11) is 1.70. The Labute approximate surface area is 203 Å². The van der Waals surface area contributed by atoms with Crippen LogP contribution in [0, 0.1) is 0 Å². The van der Waals surface area contributed by atoms with Crippen molar-refractivity contribution in [2.24, 2.45) is 5.11 Å². The van der Waals surface area contributed by atoms with Crippen LogP contribution >= 0.6 is 16.8 Å². The van der Waals surface area contributed by atoms with Crippen LogP contribution in [0.5, 0.6) is 5.75 Å². The van der Waals surface area contributed by atoms with Crippen molar-refractivity contribution in [3.05, 3.63) is 90.4 Å². The second-order valence-corrected chi connectivity index (χ2v) is 15.8. The first-order valence-electron chi connectivity index (χ1n) is 11.2. The van der Waals surface area contributed by atoms with Crippen molar-refractivity contribution in [1.82, 2.24) is 0 Å². The third-order valence-corrected chi connectivity index (χ3v) is 14.5. The quantitative estimate of drug-likeness (QED) is 0.292. The van der Waals surface area contributed by atoms with Gasteiger partial charge < -0.3 is 9.41 Å². The smallest absolute Gasteiger partial charge is 0.225 e. The predicted octanol–water partition coefficient (Wildman–Crippen LogP) is 6.95. The molecule has 0 aromatic heterocycles. The Morgan fingerprint density at radius 3 is 2.33 bits per heavy atom. The maximum absolute atomic E-state index is 6.65. The van der Waals surface area contributed by atoms with Crippen molar-refractivity contribution in [3.63, 3.8) is 0 Å². The number of methoxy groups -OCH3 is 1. The molecule has 3 aromatic carbocycles. The molecule has 0 bridgehead atoms. The predicted molar refractivity (Wildman–Crippen MR) is 140 cm³/mol. The molecule has 2 heterocycles. The fraction of sp³-hybridized carbons (Fsp3) is 0.280. The van der Waals surface area contributed by atoms with Crippen LogP contribution in [-0.2, 0) is 11.8 Å². The fourth-order valence-corrected chi connectivity index (χ4v) is 14.3. The number of rotatable bonds is 4. The summed E-state index contributed by atoms with van der Waals surface area (Å²) in [5, 5.41) is 4.19. The molecular weight excluding hydrogens is 467 g/mol. The van der Waals surface area contributed by atoms with Gasteiger partial charge >= 0.3 is 0 Å². The number of hydrogen-bond acceptors (Lipinski definition) is 4. The minimum Gasteiger partial charge on any atom is -0.497 e. The summed E-state index contributed by atoms with van der Waals surface area (Å²) in [6.45, 7) is 0. The zero-order valence-corrected chi connectivity index (χ0v) is 20.9. The second-order valence-electron chi connectivity index (χ2n) is 8.59. The molecule has 2 fully saturated rings. The molecular formula is C25H25N4OPS2. The minimum atomic E-state index is -2.29. The summed E-state index contributed by atoms with van der Waals surface area (Å²) in [5.74, 6) is 0.842. The Bertz CT molecular complexity index is 1250. The third kappa shape index (κ3) is 3.09. The molecule has 168 valence electrons. The van der Waals surface area contributed by atoms with Crippen LogP contribution in [0.25, 0.3) is 5.43 Å². The van der Waals surface area contributed by atoms with Crippen LogP contribution in [0.15, 0.2) is 90.0 Å². The molecule has 1 unspecified atom stereocenters. The van der Waals surface area contributed by atoms with Gasteiger partial charge in [-0.05, 0) is 49.2 Å². The highest BCUT2D eigenvalue weighted by Gasteiger charge is 2.69. The van der Waals surface area contributed by atoms with Crippen molar-refractivity contribution in [2.75, 3.05) is 11.8 Å². The van der Waals surface area contributed by atoms with Crippen LogP contribution in [-0.4, -0.2) is 22.4 Å². The topological polar surface area (TPSA) is 41.9 Å². The van der Waals surface area contributed by atoms with Gasteiger partial charge in [-0.15, -0.1) is 4.81 Å². The molecule has 1 saturated carbocycles. The lowest BCUT2D eigenvalue weighted by atomic mass is 9.84. The van der Waals surface area contributed by atoms with E-state index in [0.29, 0.717) is 0 Å². The van der Waals surface area contributed by atoms with Crippen LogP contribution in [0.1, 0.15) is 25.7 Å². The molecule has 33 heavy (non-hydrogen) atoms. The number of benzene rings is 3. The number of hydrogen-bond donors (Lipinski definition) is 0. The molecule has 2 aliphatic heterocycles. The Balaban J connectivity index is 1.56. The van der Waals surface area contributed by atoms with E-state index in [9.17, 15) is 0 Å². The first-order chi connectivity index (χ1) is 16.1. The van der Waals surface area contributed by atoms with Gasteiger partial charge in [-0.1, -0.05) is 72.4 Å². The number of nitrogens with zero attached hydrogens (tertiary/aromatic N) is 4. The summed E-state index contributed by atoms with van der Waals surface area (Å²) >= 11 is 8.53. The molecule has 3 aliphatic rings. The van der Waals surface area contributed by atoms with Gasteiger partial charge in [-0.2, -0.15) is 10.5 Å². The summed E-state index contributed by atoms with van der Waals surface area (Å²) in [6, 6.07) is 29.1. The number of anilines is 1. The fourth-order valence-electron chi connectivity index (χ4n) is 5.19. The maximum Gasteiger partial charge on any atom is 0.225 e. The number of azo groups is 1. The molecule has 3 aromatic rings. The van der Waals surface area contributed by atoms with Gasteiger partial charge in [0.05, 0.1) is 7.11 Å². The standard InChI is InChI=1S/C25H25N4OPS2/c1-30-22-14-16-23(17-15-22)31(32)28(20-10-4-2-5-11-20)24-18-8-9-19-25(24,33-31)27-29(26-24)21-12-6-3-7-13-21/h2-7,10-17H,8-9,18-19H2,1H3/t24-,25+,31?/m1/s1. The van der Waals surface area contributed by atoms with E-state index in [2.05, 4.69) is 59.3 Å². The van der Waals surface area contributed by atoms with E-state index in [0.717, 1.165) is 42.8 Å². The summed E-state index contributed by atoms with van der Waals surface area (Å²) in [4.78, 5) is 1.48. The summed E-state index contributed by atoms with van der Waals surface area (Å²) in [5.41, 5.74) is 7.01. The third-order valence-electron chi connectivity index (χ3n) is 6.71. The molecule has 5 nitrogen and oxygen atoms in total. The highest BCUT2D eigenvalue weighted by atomic mass is 32.9. The van der Waals surface area contributed by atoms with Gasteiger partial charge in [-0.3, -0.25) is 0 Å². The van der Waals surface area contributed by atoms with Gasteiger partial charge in [0.2, 0.25) is 5.69 Å². The number of para-hydroxylation sites is 2. The average molecular weight is 493 g/mol. The normalized spacial score (nSPS) is 30.2. The van der Waals surface area contributed by atoms with Crippen LogP contribution in [0.3, 0.4) is 0 Å². The maximum atomic E-state index is 6.65. The van der Waals surface area contributed by atoms with Crippen molar-refractivity contribution < 1.29 is 9.54 Å². The largest absolute Gasteiger partial charge is 0.497 e. The lowest BCUT2D eigenvalue weighted by molar-refractivity contribution is -0.455. The Kier molecular flexibility index (Phi) is 5.05. The van der Waals surface area contributed by atoms with Crippen molar-refractivity contribution in [2.45, 2.75) is 36.2 Å². The van der Waals surface area contributed by atoms with E-state index in [1.807, 2.05) is 46.5 Å². The zero-order chi connectivity index (χ0) is 22.5. The highest BCUT2D eigenvalue weighted by Crippen LogP contribution is 2.82. The summed E-state index contributed by atoms with van der Waals surface area (Å²) < 4.78 is 7.90. The molecule has 1 aliphatic carbocycles. The van der Waals surface area contributed by atoms with E-state index in [1.54, 1.807) is 7.11 Å². The SMILES string of the molecule is COc1ccc(P2(=S)S[C@@]34CCCC[C@@]3([N-][N+](c3ccccc3)=N4)N2c2ccccc2)cc1. The highest BCUT2D eigenvalue weighted by molar-refractivity contribution is 8.74. The van der Waals surface area contributed by atoms with Gasteiger partial charge in [0.25, 0.3) is 0 Å². The molecule has 0 radical (unpaired) electrons. The van der Waals surface area contributed by atoms with E-state index in [-0.39, 0.29) is 0 Å². The Hall–Kier alpha value is -2.34. The molecule has 6 rings (SSSR count). The van der Waals surface area contributed by atoms with Gasteiger partial charge in [0.15, 0.2) is 0 Å². The molecule has 0 spiro atoms. The van der Waals surface area contributed by atoms with E-state index >= 15 is 0 Å². The van der Waals surface area contributed by atoms with Crippen molar-refractivity contribution in [1.29, 1.82) is 0 Å². The monoisotopic (exact) mass is 492 g/mol. The van der Waals surface area contributed by atoms with Crippen molar-refractivity contribution in [3.8, 4) is 5.75 Å². The molecule has 0 amide bonds. The first kappa shape index (κ1) is 21.2. The molecule has 3 atom stereocenters. The van der Waals surface area contributed by atoms with Gasteiger partial charge in [-0.25, -0.2) is 0 Å². The minimum absolute atomic E-state index is 0.396. The lowest BCUT2D eigenvalue weighted by Gasteiger charge is -2.48. The molecule has 8 heteroatoms. The van der Waals surface area contributed by atoms with Crippen LogP contribution in [0.4, 0.5) is 11.4 Å². The summed E-state index contributed by atoms with van der Waals surface area (Å²) in [6.07, 6.45) is 4.17. The van der Waals surface area contributed by atoms with Crippen LogP contribution in [0.2, 0.25) is 0 Å². The zero-order valence-electron chi connectivity index (χ0n) is 18.4. The second kappa shape index (κ2) is 7.86. The molecule has 1 saturated heterocycles. The number of ether oxygens (including phenoxy) is 1. The van der Waals surface area contributed by atoms with E-state index in [1.165, 1.54) is 5.30 Å². The van der Waals surface area contributed by atoms with Crippen molar-refractivity contribution >= 4 is 45.3 Å². The van der Waals surface area contributed by atoms with E-state index < -0.39 is 15.9 Å². The van der Waals surface area contributed by atoms with Gasteiger partial charge in [0, 0.05) is 23.1 Å². The lowest BCUT2D eigenvalue weighted by Crippen LogP contribution is -2.55. The van der Waals surface area contributed by atoms with Crippen LogP contribution < -0.4 is 14.7 Å². The van der Waals surface area contributed by atoms with E-state index in [4.69, 9.17) is 27.1 Å². The first-order valence-corrected chi connectivity index (χ1v) is 15.4.